The number of rotatable bonds is 2. The van der Waals surface area contributed by atoms with Crippen LogP contribution in [0.25, 0.3) is 0 Å². The first kappa shape index (κ1) is 10.6. The SMILES string of the molecule is Cc1cnc(Sc2ccnc(C#N)c2)nc1. The molecule has 0 saturated carbocycles. The molecular weight excluding hydrogens is 220 g/mol. The molecule has 0 amide bonds. The van der Waals surface area contributed by atoms with E-state index in [4.69, 9.17) is 5.26 Å². The number of aromatic nitrogens is 3. The van der Waals surface area contributed by atoms with Gasteiger partial charge in [-0.1, -0.05) is 0 Å². The fraction of sp³-hybridized carbons (Fsp3) is 0.0909. The highest BCUT2D eigenvalue weighted by Crippen LogP contribution is 2.23. The van der Waals surface area contributed by atoms with Crippen molar-refractivity contribution < 1.29 is 0 Å². The molecule has 0 bridgehead atoms. The third-order valence-electron chi connectivity index (χ3n) is 1.81. The molecule has 0 aliphatic rings. The Morgan fingerprint density at radius 1 is 1.25 bits per heavy atom. The van der Waals surface area contributed by atoms with E-state index in [0.29, 0.717) is 10.9 Å². The number of nitriles is 1. The third-order valence-corrected chi connectivity index (χ3v) is 2.70. The van der Waals surface area contributed by atoms with Crippen LogP contribution in [0.5, 0.6) is 0 Å². The van der Waals surface area contributed by atoms with Gasteiger partial charge >= 0.3 is 0 Å². The molecule has 2 heterocycles. The molecule has 0 unspecified atom stereocenters. The van der Waals surface area contributed by atoms with Crippen LogP contribution >= 0.6 is 11.8 Å². The molecule has 2 rings (SSSR count). The average molecular weight is 228 g/mol. The molecule has 16 heavy (non-hydrogen) atoms. The van der Waals surface area contributed by atoms with E-state index >= 15 is 0 Å². The van der Waals surface area contributed by atoms with Gasteiger partial charge in [-0.15, -0.1) is 0 Å². The lowest BCUT2D eigenvalue weighted by molar-refractivity contribution is 0.949. The Balaban J connectivity index is 2.21. The second-order valence-corrected chi connectivity index (χ2v) is 4.17. The number of pyridine rings is 1. The summed E-state index contributed by atoms with van der Waals surface area (Å²) in [5, 5.41) is 9.38. The summed E-state index contributed by atoms with van der Waals surface area (Å²) in [7, 11) is 0. The van der Waals surface area contributed by atoms with Crippen LogP contribution in [0.2, 0.25) is 0 Å². The summed E-state index contributed by atoms with van der Waals surface area (Å²) in [5.74, 6) is 0. The van der Waals surface area contributed by atoms with Crippen molar-refractivity contribution in [1.82, 2.24) is 15.0 Å². The second kappa shape index (κ2) is 4.73. The fourth-order valence-electron chi connectivity index (χ4n) is 1.07. The molecule has 0 aliphatic heterocycles. The molecule has 2 aromatic rings. The highest BCUT2D eigenvalue weighted by Gasteiger charge is 2.01. The molecule has 4 nitrogen and oxygen atoms in total. The lowest BCUT2D eigenvalue weighted by atomic mass is 10.4. The zero-order valence-corrected chi connectivity index (χ0v) is 9.40. The molecule has 0 radical (unpaired) electrons. The number of hydrogen-bond donors (Lipinski definition) is 0. The van der Waals surface area contributed by atoms with E-state index in [-0.39, 0.29) is 0 Å². The van der Waals surface area contributed by atoms with Crippen LogP contribution in [0.1, 0.15) is 11.3 Å². The summed E-state index contributed by atoms with van der Waals surface area (Å²) < 4.78 is 0. The maximum atomic E-state index is 8.71. The standard InChI is InChI=1S/C11H8N4S/c1-8-6-14-11(15-7-8)16-10-2-3-13-9(4-10)5-12/h2-4,6-7H,1H3. The maximum absolute atomic E-state index is 8.71. The van der Waals surface area contributed by atoms with Gasteiger partial charge in [0.2, 0.25) is 0 Å². The predicted molar refractivity (Wildman–Crippen MR) is 59.8 cm³/mol. The van der Waals surface area contributed by atoms with Gasteiger partial charge in [0.05, 0.1) is 0 Å². The molecular formula is C11H8N4S. The highest BCUT2D eigenvalue weighted by atomic mass is 32.2. The lowest BCUT2D eigenvalue weighted by Gasteiger charge is -1.99. The van der Waals surface area contributed by atoms with Crippen molar-refractivity contribution in [3.8, 4) is 6.07 Å². The average Bonchev–Trinajstić information content (AvgIpc) is 2.32. The summed E-state index contributed by atoms with van der Waals surface area (Å²) in [6, 6.07) is 5.54. The van der Waals surface area contributed by atoms with Crippen LogP contribution in [-0.4, -0.2) is 15.0 Å². The van der Waals surface area contributed by atoms with Gasteiger partial charge in [-0.25, -0.2) is 15.0 Å². The van der Waals surface area contributed by atoms with Crippen molar-refractivity contribution >= 4 is 11.8 Å². The van der Waals surface area contributed by atoms with Gasteiger partial charge in [0.1, 0.15) is 11.8 Å². The molecule has 0 saturated heterocycles. The van der Waals surface area contributed by atoms with Crippen molar-refractivity contribution in [3.05, 3.63) is 42.0 Å². The fourth-order valence-corrected chi connectivity index (χ4v) is 1.80. The van der Waals surface area contributed by atoms with E-state index in [1.54, 1.807) is 24.7 Å². The molecule has 0 N–H and O–H groups in total. The second-order valence-electron chi connectivity index (χ2n) is 3.13. The van der Waals surface area contributed by atoms with Gasteiger partial charge in [-0.3, -0.25) is 0 Å². The van der Waals surface area contributed by atoms with Crippen LogP contribution in [0.3, 0.4) is 0 Å². The van der Waals surface area contributed by atoms with E-state index in [0.717, 1.165) is 10.5 Å². The van der Waals surface area contributed by atoms with Crippen molar-refractivity contribution in [1.29, 1.82) is 5.26 Å². The lowest BCUT2D eigenvalue weighted by Crippen LogP contribution is -1.87. The Bertz CT molecular complexity index is 530. The van der Waals surface area contributed by atoms with Gasteiger partial charge in [-0.2, -0.15) is 5.26 Å². The normalized spacial score (nSPS) is 9.75. The van der Waals surface area contributed by atoms with E-state index in [1.807, 2.05) is 19.1 Å². The van der Waals surface area contributed by atoms with Crippen molar-refractivity contribution in [2.45, 2.75) is 17.0 Å². The first-order chi connectivity index (χ1) is 7.78. The van der Waals surface area contributed by atoms with Crippen LogP contribution in [-0.2, 0) is 0 Å². The number of nitrogens with zero attached hydrogens (tertiary/aromatic N) is 4. The van der Waals surface area contributed by atoms with Crippen molar-refractivity contribution in [3.63, 3.8) is 0 Å². The molecule has 0 aliphatic carbocycles. The van der Waals surface area contributed by atoms with Crippen molar-refractivity contribution in [2.24, 2.45) is 0 Å². The Morgan fingerprint density at radius 2 is 2.00 bits per heavy atom. The highest BCUT2D eigenvalue weighted by molar-refractivity contribution is 7.99. The third kappa shape index (κ3) is 2.55. The predicted octanol–water partition coefficient (Wildman–Crippen LogP) is 2.20. The largest absolute Gasteiger partial charge is 0.245 e. The van der Waals surface area contributed by atoms with Crippen LogP contribution in [0.4, 0.5) is 0 Å². The molecule has 0 fully saturated rings. The van der Waals surface area contributed by atoms with E-state index in [1.165, 1.54) is 11.8 Å². The Kier molecular flexibility index (Phi) is 3.13. The van der Waals surface area contributed by atoms with Crippen molar-refractivity contribution in [2.75, 3.05) is 0 Å². The van der Waals surface area contributed by atoms with E-state index in [9.17, 15) is 0 Å². The quantitative estimate of drug-likeness (QED) is 0.737. The van der Waals surface area contributed by atoms with Crippen LogP contribution in [0.15, 0.2) is 40.8 Å². The first-order valence-corrected chi connectivity index (χ1v) is 5.42. The Labute approximate surface area is 97.4 Å². The first-order valence-electron chi connectivity index (χ1n) is 4.60. The Hall–Kier alpha value is -1.93. The van der Waals surface area contributed by atoms with Gasteiger partial charge in [0, 0.05) is 23.5 Å². The molecule has 0 atom stereocenters. The molecule has 2 aromatic heterocycles. The molecule has 78 valence electrons. The minimum Gasteiger partial charge on any atom is -0.245 e. The smallest absolute Gasteiger partial charge is 0.192 e. The summed E-state index contributed by atoms with van der Waals surface area (Å²) >= 11 is 1.41. The molecule has 0 spiro atoms. The minimum absolute atomic E-state index is 0.400. The molecule has 0 aromatic carbocycles. The van der Waals surface area contributed by atoms with Crippen LogP contribution < -0.4 is 0 Å². The summed E-state index contributed by atoms with van der Waals surface area (Å²) in [6.45, 7) is 1.94. The van der Waals surface area contributed by atoms with E-state index in [2.05, 4.69) is 15.0 Å². The minimum atomic E-state index is 0.400. The zero-order chi connectivity index (χ0) is 11.4. The summed E-state index contributed by atoms with van der Waals surface area (Å²) in [6.07, 6.45) is 5.14. The van der Waals surface area contributed by atoms with Crippen LogP contribution in [0, 0.1) is 18.3 Å². The van der Waals surface area contributed by atoms with Gasteiger partial charge in [-0.05, 0) is 36.4 Å². The van der Waals surface area contributed by atoms with Gasteiger partial charge in [0.15, 0.2) is 5.16 Å². The van der Waals surface area contributed by atoms with Gasteiger partial charge < -0.3 is 0 Å². The Morgan fingerprint density at radius 3 is 2.69 bits per heavy atom. The number of aryl methyl sites for hydroxylation is 1. The monoisotopic (exact) mass is 228 g/mol. The maximum Gasteiger partial charge on any atom is 0.192 e. The molecule has 5 heteroatoms. The summed E-state index contributed by atoms with van der Waals surface area (Å²) in [4.78, 5) is 13.2. The number of hydrogen-bond acceptors (Lipinski definition) is 5. The topological polar surface area (TPSA) is 62.5 Å². The zero-order valence-electron chi connectivity index (χ0n) is 8.58. The summed E-state index contributed by atoms with van der Waals surface area (Å²) in [5.41, 5.74) is 1.42. The van der Waals surface area contributed by atoms with Gasteiger partial charge in [0.25, 0.3) is 0 Å². The van der Waals surface area contributed by atoms with E-state index < -0.39 is 0 Å².